The molecule has 5 nitrogen and oxygen atoms in total. The largest absolute Gasteiger partial charge is 0.408 e. The van der Waals surface area contributed by atoms with Crippen molar-refractivity contribution in [3.8, 4) is 0 Å². The molecule has 0 aromatic heterocycles. The predicted molar refractivity (Wildman–Crippen MR) is 17.1 cm³/mol. The topological polar surface area (TPSA) is 72.8 Å². The Morgan fingerprint density at radius 2 is 1.86 bits per heavy atom. The molecule has 0 atom stereocenters. The van der Waals surface area contributed by atoms with Gasteiger partial charge in [0.15, 0.2) is 0 Å². The van der Waals surface area contributed by atoms with Crippen LogP contribution in [-0.4, -0.2) is 20.0 Å². The van der Waals surface area contributed by atoms with Crippen LogP contribution in [-0.2, 0) is 18.8 Å². The molecule has 7 heavy (non-hydrogen) atoms. The van der Waals surface area contributed by atoms with Crippen LogP contribution in [0.2, 0.25) is 0 Å². The molecule has 0 saturated carbocycles. The van der Waals surface area contributed by atoms with Crippen molar-refractivity contribution in [2.24, 2.45) is 0 Å². The van der Waals surface area contributed by atoms with Crippen LogP contribution >= 0.6 is 0 Å². The van der Waals surface area contributed by atoms with Crippen molar-refractivity contribution in [3.05, 3.63) is 0 Å². The Hall–Kier alpha value is -0.170. The van der Waals surface area contributed by atoms with Gasteiger partial charge in [0.05, 0.1) is 0 Å². The van der Waals surface area contributed by atoms with Crippen molar-refractivity contribution in [3.63, 3.8) is 0 Å². The van der Waals surface area contributed by atoms with Crippen molar-refractivity contribution in [1.29, 1.82) is 0 Å². The fourth-order valence-corrected chi connectivity index (χ4v) is 0.627. The highest BCUT2D eigenvalue weighted by molar-refractivity contribution is 7.82. The van der Waals surface area contributed by atoms with Gasteiger partial charge in [0.1, 0.15) is 0 Å². The molecule has 42 valence electrons. The van der Waals surface area contributed by atoms with E-state index in [1.165, 1.54) is 0 Å². The normalized spacial score (nSPS) is 29.3. The lowest BCUT2D eigenvalue weighted by Gasteiger charge is -2.18. The van der Waals surface area contributed by atoms with Gasteiger partial charge in [-0.1, -0.05) is 0 Å². The molecule has 0 unspecified atom stereocenters. The second-order valence-corrected chi connectivity index (χ2v) is 2.11. The molecular weight excluding hydrogens is 124 g/mol. The molecule has 1 fully saturated rings. The lowest BCUT2D eigenvalue weighted by molar-refractivity contribution is -0.219. The molecule has 0 aliphatic carbocycles. The Labute approximate surface area is 39.8 Å². The van der Waals surface area contributed by atoms with Crippen LogP contribution < -0.4 is 0 Å². The lowest BCUT2D eigenvalue weighted by atomic mass is 11.4. The van der Waals surface area contributed by atoms with Gasteiger partial charge in [-0.2, -0.15) is 16.8 Å². The average Bonchev–Trinajstić information content (AvgIpc) is 1.27. The third-order valence-electron chi connectivity index (χ3n) is 0.400. The maximum absolute atomic E-state index is 9.69. The van der Waals surface area contributed by atoms with Crippen LogP contribution in [0.4, 0.5) is 0 Å². The van der Waals surface area contributed by atoms with Crippen LogP contribution in [0.5, 0.6) is 0 Å². The molecule has 0 radical (unpaired) electrons. The standard InChI is InChI=1S/CH2O5S/c2-1-5-7(3,4)6-1/h1-2H. The Bertz CT molecular complexity index is 143. The van der Waals surface area contributed by atoms with Gasteiger partial charge >= 0.3 is 16.9 Å². The Morgan fingerprint density at radius 1 is 1.43 bits per heavy atom. The summed E-state index contributed by atoms with van der Waals surface area (Å²) < 4.78 is 26.6. The summed E-state index contributed by atoms with van der Waals surface area (Å²) in [4.78, 5) is 0. The van der Waals surface area contributed by atoms with Gasteiger partial charge < -0.3 is 5.11 Å². The fourth-order valence-electron chi connectivity index (χ4n) is 0.209. The summed E-state index contributed by atoms with van der Waals surface area (Å²) >= 11 is 0. The highest BCUT2D eigenvalue weighted by Crippen LogP contribution is 2.13. The number of aliphatic hydroxyl groups is 1. The summed E-state index contributed by atoms with van der Waals surface area (Å²) in [5.74, 6) is 0. The van der Waals surface area contributed by atoms with Crippen molar-refractivity contribution >= 4 is 10.4 Å². The highest BCUT2D eigenvalue weighted by Gasteiger charge is 2.33. The maximum Gasteiger partial charge on any atom is 0.408 e. The minimum absolute atomic E-state index is 1.58. The maximum atomic E-state index is 9.69. The van der Waals surface area contributed by atoms with E-state index in [2.05, 4.69) is 8.37 Å². The first kappa shape index (κ1) is 4.98. The molecule has 0 amide bonds. The lowest BCUT2D eigenvalue weighted by Crippen LogP contribution is -2.35. The number of hydrogen-bond acceptors (Lipinski definition) is 5. The van der Waals surface area contributed by atoms with Gasteiger partial charge in [0.25, 0.3) is 0 Å². The van der Waals surface area contributed by atoms with E-state index in [1.807, 2.05) is 0 Å². The minimum atomic E-state index is -3.78. The number of aliphatic hydroxyl groups excluding tert-OH is 1. The van der Waals surface area contributed by atoms with Gasteiger partial charge in [-0.25, -0.2) is 0 Å². The minimum Gasteiger partial charge on any atom is -0.344 e. The first-order valence-electron chi connectivity index (χ1n) is 1.40. The molecule has 1 heterocycles. The SMILES string of the molecule is O=S1(=O)OC(O)O1. The molecular formula is CH2O5S. The Balaban J connectivity index is 2.61. The molecule has 1 aliphatic heterocycles. The molecule has 0 bridgehead atoms. The van der Waals surface area contributed by atoms with Gasteiger partial charge in [-0.15, -0.1) is 0 Å². The van der Waals surface area contributed by atoms with Gasteiger partial charge in [0.2, 0.25) is 0 Å². The van der Waals surface area contributed by atoms with E-state index >= 15 is 0 Å². The molecule has 1 saturated heterocycles. The number of rotatable bonds is 0. The molecule has 6 heteroatoms. The quantitative estimate of drug-likeness (QED) is 0.430. The monoisotopic (exact) mass is 126 g/mol. The zero-order valence-electron chi connectivity index (χ0n) is 3.07. The average molecular weight is 126 g/mol. The van der Waals surface area contributed by atoms with Crippen molar-refractivity contribution in [1.82, 2.24) is 0 Å². The summed E-state index contributed by atoms with van der Waals surface area (Å²) in [6.07, 6.45) is 0. The van der Waals surface area contributed by atoms with E-state index in [1.54, 1.807) is 0 Å². The van der Waals surface area contributed by atoms with Crippen LogP contribution in [0.25, 0.3) is 0 Å². The second kappa shape index (κ2) is 1.16. The summed E-state index contributed by atoms with van der Waals surface area (Å²) in [7, 11) is -3.78. The third-order valence-corrected chi connectivity index (χ3v) is 1.20. The zero-order valence-corrected chi connectivity index (χ0v) is 3.88. The first-order valence-corrected chi connectivity index (χ1v) is 2.73. The van der Waals surface area contributed by atoms with E-state index in [4.69, 9.17) is 5.11 Å². The van der Waals surface area contributed by atoms with Gasteiger partial charge in [-0.3, -0.25) is 0 Å². The van der Waals surface area contributed by atoms with E-state index in [-0.39, 0.29) is 0 Å². The van der Waals surface area contributed by atoms with Gasteiger partial charge in [0, 0.05) is 0 Å². The van der Waals surface area contributed by atoms with Gasteiger partial charge in [-0.05, 0) is 0 Å². The molecule has 1 aliphatic rings. The smallest absolute Gasteiger partial charge is 0.344 e. The van der Waals surface area contributed by atoms with E-state index < -0.39 is 16.9 Å². The predicted octanol–water partition coefficient (Wildman–Crippen LogP) is -1.45. The van der Waals surface area contributed by atoms with Crippen LogP contribution in [0.3, 0.4) is 0 Å². The van der Waals surface area contributed by atoms with Crippen LogP contribution in [0, 0.1) is 0 Å². The van der Waals surface area contributed by atoms with Crippen molar-refractivity contribution < 1.29 is 21.9 Å². The second-order valence-electron chi connectivity index (χ2n) is 0.908. The van der Waals surface area contributed by atoms with E-state index in [0.717, 1.165) is 0 Å². The summed E-state index contributed by atoms with van der Waals surface area (Å²) in [6, 6.07) is 0. The fraction of sp³-hybridized carbons (Fsp3) is 1.00. The molecule has 0 aromatic carbocycles. The van der Waals surface area contributed by atoms with Crippen LogP contribution in [0.15, 0.2) is 0 Å². The summed E-state index contributed by atoms with van der Waals surface area (Å²) in [5.41, 5.74) is 0. The molecule has 0 aromatic rings. The summed E-state index contributed by atoms with van der Waals surface area (Å²) in [5, 5.41) is 7.96. The van der Waals surface area contributed by atoms with E-state index in [0.29, 0.717) is 0 Å². The highest BCUT2D eigenvalue weighted by atomic mass is 32.3. The zero-order chi connectivity index (χ0) is 5.49. The molecule has 1 rings (SSSR count). The number of hydrogen-bond donors (Lipinski definition) is 1. The third kappa shape index (κ3) is 0.885. The first-order chi connectivity index (χ1) is 3.10. The molecule has 1 N–H and O–H groups in total. The Morgan fingerprint density at radius 3 is 1.86 bits per heavy atom. The van der Waals surface area contributed by atoms with Crippen molar-refractivity contribution in [2.45, 2.75) is 6.48 Å². The van der Waals surface area contributed by atoms with Crippen molar-refractivity contribution in [2.75, 3.05) is 0 Å². The molecule has 0 spiro atoms. The van der Waals surface area contributed by atoms with E-state index in [9.17, 15) is 8.42 Å². The Kier molecular flexibility index (Phi) is 0.824. The summed E-state index contributed by atoms with van der Waals surface area (Å²) in [6.45, 7) is -1.58. The van der Waals surface area contributed by atoms with Crippen LogP contribution in [0.1, 0.15) is 0 Å².